The summed E-state index contributed by atoms with van der Waals surface area (Å²) < 4.78 is 60.3. The van der Waals surface area contributed by atoms with Crippen molar-refractivity contribution in [2.24, 2.45) is 11.8 Å². The van der Waals surface area contributed by atoms with Crippen molar-refractivity contribution in [2.75, 3.05) is 65.9 Å². The molecule has 0 radical (unpaired) electrons. The van der Waals surface area contributed by atoms with Gasteiger partial charge in [-0.1, -0.05) is 401 Å². The average molecular weight is 1520 g/mol. The predicted octanol–water partition coefficient (Wildman–Crippen LogP) is 25.1. The van der Waals surface area contributed by atoms with Crippen molar-refractivity contribution in [3.8, 4) is 0 Å². The van der Waals surface area contributed by atoms with Gasteiger partial charge in [-0.2, -0.15) is 0 Å². The van der Waals surface area contributed by atoms with Crippen LogP contribution in [-0.4, -0.2) is 106 Å². The molecule has 0 aromatic rings. The largest absolute Gasteiger partial charge is 0.472 e. The van der Waals surface area contributed by atoms with Gasteiger partial charge in [0.05, 0.1) is 51.7 Å². The number of carbonyl (C=O) groups excluding carboxylic acids is 3. The molecule has 0 aliphatic rings. The van der Waals surface area contributed by atoms with E-state index in [4.69, 9.17) is 27.6 Å². The van der Waals surface area contributed by atoms with Crippen LogP contribution in [0.25, 0.3) is 0 Å². The average Bonchev–Trinajstić information content (AvgIpc) is 0.927. The highest BCUT2D eigenvalue weighted by molar-refractivity contribution is 7.47. The molecule has 6 N–H and O–H groups in total. The van der Waals surface area contributed by atoms with Gasteiger partial charge in [-0.25, -0.2) is 13.9 Å². The van der Waals surface area contributed by atoms with Gasteiger partial charge in [0.25, 0.3) is 0 Å². The van der Waals surface area contributed by atoms with Crippen LogP contribution in [0.15, 0.2) is 0 Å². The van der Waals surface area contributed by atoms with Crippen molar-refractivity contribution < 1.29 is 60.9 Å². The fourth-order valence-electron chi connectivity index (χ4n) is 14.0. The lowest BCUT2D eigenvalue weighted by atomic mass is 9.91. The van der Waals surface area contributed by atoms with Gasteiger partial charge in [0.2, 0.25) is 11.8 Å². The minimum atomic E-state index is -4.62. The van der Waals surface area contributed by atoms with E-state index in [1.54, 1.807) is 0 Å². The Morgan fingerprint density at radius 3 is 0.740 bits per heavy atom. The van der Waals surface area contributed by atoms with E-state index >= 15 is 0 Å². The SMILES string of the molecule is CCCCCCCCCCCCCC(=O)NC(COCCC(CCCCCCC)CCCCCCCCCCCCC)COP(=O)(O)OCCNC(=O)NCCOP(=O)(O)OCC(COCCC(CCCCCCC)CCCCCCCCCCCCC)NC(=O)CCCCCCCCCCCCC. The molecule has 0 aliphatic carbocycles. The molecule has 620 valence electrons. The van der Waals surface area contributed by atoms with Crippen molar-refractivity contribution in [1.82, 2.24) is 21.3 Å². The molecule has 4 amide bonds. The van der Waals surface area contributed by atoms with Crippen LogP contribution in [0.1, 0.15) is 440 Å². The third-order valence-corrected chi connectivity index (χ3v) is 22.7. The molecule has 104 heavy (non-hydrogen) atoms. The van der Waals surface area contributed by atoms with E-state index in [0.29, 0.717) is 37.9 Å². The molecule has 17 nitrogen and oxygen atoms in total. The lowest BCUT2D eigenvalue weighted by molar-refractivity contribution is -0.123. The van der Waals surface area contributed by atoms with Gasteiger partial charge >= 0.3 is 21.7 Å². The van der Waals surface area contributed by atoms with Crippen molar-refractivity contribution in [3.63, 3.8) is 0 Å². The molecule has 0 saturated carbocycles. The van der Waals surface area contributed by atoms with Crippen LogP contribution in [0.3, 0.4) is 0 Å². The molecule has 0 aliphatic heterocycles. The van der Waals surface area contributed by atoms with Gasteiger partial charge < -0.3 is 40.5 Å². The Morgan fingerprint density at radius 2 is 0.500 bits per heavy atom. The van der Waals surface area contributed by atoms with Gasteiger partial charge in [0.15, 0.2) is 0 Å². The van der Waals surface area contributed by atoms with Crippen LogP contribution in [0, 0.1) is 11.8 Å². The lowest BCUT2D eigenvalue weighted by Crippen LogP contribution is -2.41. The summed E-state index contributed by atoms with van der Waals surface area (Å²) in [5.41, 5.74) is 0. The molecule has 6 atom stereocenters. The normalized spacial score (nSPS) is 14.1. The summed E-state index contributed by atoms with van der Waals surface area (Å²) >= 11 is 0. The number of rotatable bonds is 86. The van der Waals surface area contributed by atoms with E-state index in [2.05, 4.69) is 62.8 Å². The van der Waals surface area contributed by atoms with E-state index in [1.165, 1.54) is 334 Å². The Bertz CT molecular complexity index is 1800. The first-order chi connectivity index (χ1) is 50.7. The zero-order chi connectivity index (χ0) is 76.0. The van der Waals surface area contributed by atoms with Crippen LogP contribution in [0.5, 0.6) is 0 Å². The molecule has 0 fully saturated rings. The van der Waals surface area contributed by atoms with E-state index < -0.39 is 33.8 Å². The van der Waals surface area contributed by atoms with Crippen LogP contribution in [0.4, 0.5) is 4.79 Å². The Hall–Kier alpha value is -1.65. The Balaban J connectivity index is 5.46. The molecule has 0 heterocycles. The van der Waals surface area contributed by atoms with Gasteiger partial charge in [-0.3, -0.25) is 27.7 Å². The molecule has 19 heteroatoms. The van der Waals surface area contributed by atoms with Crippen LogP contribution < -0.4 is 21.3 Å². The smallest absolute Gasteiger partial charge is 0.379 e. The first-order valence-corrected chi connectivity index (χ1v) is 47.7. The quantitative estimate of drug-likeness (QED) is 0.0246. The summed E-state index contributed by atoms with van der Waals surface area (Å²) in [5.74, 6) is 0.836. The van der Waals surface area contributed by atoms with Gasteiger partial charge in [-0.05, 0) is 37.5 Å². The summed E-state index contributed by atoms with van der Waals surface area (Å²) in [5, 5.41) is 11.1. The van der Waals surface area contributed by atoms with E-state index in [9.17, 15) is 33.3 Å². The highest BCUT2D eigenvalue weighted by Gasteiger charge is 2.27. The minimum Gasteiger partial charge on any atom is -0.379 e. The molecule has 0 saturated heterocycles. The Kier molecular flexibility index (Phi) is 78.2. The van der Waals surface area contributed by atoms with Gasteiger partial charge in [-0.15, -0.1) is 0 Å². The minimum absolute atomic E-state index is 0.127. The number of carbonyl (C=O) groups is 3. The summed E-state index contributed by atoms with van der Waals surface area (Å²) in [6, 6.07) is -2.01. The number of unbranched alkanes of at least 4 members (excludes halogenated alkanes) is 48. The summed E-state index contributed by atoms with van der Waals surface area (Å²) in [7, 11) is -9.24. The third kappa shape index (κ3) is 75.7. The maximum absolute atomic E-state index is 13.3. The molecule has 0 spiro atoms. The number of phosphoric acid groups is 2. The van der Waals surface area contributed by atoms with Crippen molar-refractivity contribution >= 4 is 33.5 Å². The number of ether oxygens (including phenoxy) is 2. The van der Waals surface area contributed by atoms with Gasteiger partial charge in [0.1, 0.15) is 0 Å². The van der Waals surface area contributed by atoms with Crippen LogP contribution in [0.2, 0.25) is 0 Å². The number of hydrogen-bond donors (Lipinski definition) is 6. The maximum atomic E-state index is 13.3. The fourth-order valence-corrected chi connectivity index (χ4v) is 15.5. The van der Waals surface area contributed by atoms with Crippen LogP contribution >= 0.6 is 15.6 Å². The second-order valence-electron chi connectivity index (χ2n) is 31.0. The van der Waals surface area contributed by atoms with E-state index in [0.717, 1.165) is 51.4 Å². The van der Waals surface area contributed by atoms with Crippen LogP contribution in [-0.2, 0) is 46.3 Å². The third-order valence-electron chi connectivity index (χ3n) is 20.7. The lowest BCUT2D eigenvalue weighted by Gasteiger charge is -2.22. The second-order valence-corrected chi connectivity index (χ2v) is 33.9. The van der Waals surface area contributed by atoms with Gasteiger partial charge in [0, 0.05) is 39.1 Å². The summed E-state index contributed by atoms with van der Waals surface area (Å²) in [6.45, 7) is 13.2. The number of amides is 4. The molecule has 0 aromatic carbocycles. The van der Waals surface area contributed by atoms with Crippen molar-refractivity contribution in [3.05, 3.63) is 0 Å². The standard InChI is InChI=1S/C85H172N4O13P2/c1-7-13-19-25-29-33-37-41-45-51-57-63-79(61-55-49-23-17-11-5)67-71-97-75-81(88-83(90)65-59-53-47-43-39-35-31-27-21-15-9-3)77-101-103(93,94)99-73-69-86-85(92)87-70-74-100-104(95,96)102-78-82(89-84(91)66-60-54-48-44-40-36-32-28-22-16-10-4)76-98-72-68-80(62-56-50-24-18-12-6)64-58-52-46-42-38-34-30-26-20-14-8-2/h79-82H,7-78H2,1-6H3,(H,88,90)(H,89,91)(H,93,94)(H,95,96)(H2,86,87,92). The number of nitrogens with one attached hydrogen (secondary N) is 4. The molecular weight excluding hydrogens is 1350 g/mol. The second kappa shape index (κ2) is 79.4. The highest BCUT2D eigenvalue weighted by Crippen LogP contribution is 2.44. The predicted molar refractivity (Wildman–Crippen MR) is 438 cm³/mol. The fraction of sp³-hybridized carbons (Fsp3) is 0.965. The highest BCUT2D eigenvalue weighted by atomic mass is 31.2. The summed E-state index contributed by atoms with van der Waals surface area (Å²) in [4.78, 5) is 60.9. The van der Waals surface area contributed by atoms with Crippen molar-refractivity contribution in [1.29, 1.82) is 0 Å². The maximum Gasteiger partial charge on any atom is 0.472 e. The Labute approximate surface area is 641 Å². The zero-order valence-electron chi connectivity index (χ0n) is 69.0. The molecule has 6 unspecified atom stereocenters. The Morgan fingerprint density at radius 1 is 0.279 bits per heavy atom. The van der Waals surface area contributed by atoms with Crippen molar-refractivity contribution in [2.45, 2.75) is 452 Å². The number of urea groups is 1. The first-order valence-electron chi connectivity index (χ1n) is 44.7. The molecular formula is C85H172N4O13P2. The first kappa shape index (κ1) is 102. The van der Waals surface area contributed by atoms with E-state index in [1.807, 2.05) is 0 Å². The zero-order valence-corrected chi connectivity index (χ0v) is 70.8. The number of hydrogen-bond acceptors (Lipinski definition) is 11. The number of phosphoric ester groups is 2. The molecule has 0 bridgehead atoms. The summed E-state index contributed by atoms with van der Waals surface area (Å²) in [6.07, 6.45) is 74.9. The molecule has 0 rings (SSSR count). The molecule has 0 aromatic heterocycles. The monoisotopic (exact) mass is 1520 g/mol. The van der Waals surface area contributed by atoms with E-state index in [-0.39, 0.29) is 64.5 Å². The topological polar surface area (TPSA) is 229 Å².